The molecule has 4 heterocycles. The minimum Gasteiger partial charge on any atom is -0.481 e. The summed E-state index contributed by atoms with van der Waals surface area (Å²) in [7, 11) is 3.17. The average Bonchev–Trinajstić information content (AvgIpc) is 3.27. The molecular formula is C22H19F3N4O2. The number of aromatic nitrogens is 3. The van der Waals surface area contributed by atoms with Crippen molar-refractivity contribution in [2.45, 2.75) is 31.3 Å². The molecule has 0 N–H and O–H groups in total. The van der Waals surface area contributed by atoms with Crippen LogP contribution in [-0.4, -0.2) is 38.7 Å². The third-order valence-electron chi connectivity index (χ3n) is 6.08. The first-order valence-electron chi connectivity index (χ1n) is 9.93. The van der Waals surface area contributed by atoms with Gasteiger partial charge in [0.05, 0.1) is 24.5 Å². The number of carbonyl (C=O) groups is 1. The Labute approximate surface area is 176 Å². The first kappa shape index (κ1) is 19.6. The van der Waals surface area contributed by atoms with Gasteiger partial charge in [0.2, 0.25) is 5.88 Å². The Kier molecular flexibility index (Phi) is 4.49. The van der Waals surface area contributed by atoms with E-state index in [-0.39, 0.29) is 23.6 Å². The number of rotatable bonds is 3. The first-order chi connectivity index (χ1) is 14.9. The molecule has 1 aromatic carbocycles. The van der Waals surface area contributed by atoms with Gasteiger partial charge < -0.3 is 9.64 Å². The maximum Gasteiger partial charge on any atom is 0.273 e. The molecule has 2 aliphatic rings. The summed E-state index contributed by atoms with van der Waals surface area (Å²) < 4.78 is 47.9. The lowest BCUT2D eigenvalue weighted by Gasteiger charge is -2.34. The van der Waals surface area contributed by atoms with Crippen LogP contribution in [0.4, 0.5) is 13.2 Å². The predicted molar refractivity (Wildman–Crippen MR) is 105 cm³/mol. The van der Waals surface area contributed by atoms with E-state index in [4.69, 9.17) is 4.74 Å². The summed E-state index contributed by atoms with van der Waals surface area (Å²) in [6, 6.07) is 6.65. The predicted octanol–water partition coefficient (Wildman–Crippen LogP) is 3.81. The molecule has 2 bridgehead atoms. The number of carbonyl (C=O) groups excluding carboxylic acids is 1. The van der Waals surface area contributed by atoms with Crippen molar-refractivity contribution in [1.82, 2.24) is 19.7 Å². The van der Waals surface area contributed by atoms with Crippen LogP contribution < -0.4 is 4.74 Å². The molecule has 0 radical (unpaired) electrons. The van der Waals surface area contributed by atoms with Crippen LogP contribution in [0.3, 0.4) is 0 Å². The summed E-state index contributed by atoms with van der Waals surface area (Å²) in [5.41, 5.74) is 2.59. The lowest BCUT2D eigenvalue weighted by molar-refractivity contribution is 0.0635. The van der Waals surface area contributed by atoms with Gasteiger partial charge in [-0.15, -0.1) is 0 Å². The standard InChI is InChI=1S/C22H19F3N4O2/c1-28-21(11-8-14(23)19(25)15(24)9-11)13-10-12-6-7-17(20(13)27-28)29(12)22(30)16-4-3-5-18(26-16)31-2/h3-5,8-9,12,17H,6-7,10H2,1-2H3/t12-,17+/m0/s1. The van der Waals surface area contributed by atoms with E-state index in [2.05, 4.69) is 10.1 Å². The van der Waals surface area contributed by atoms with E-state index in [9.17, 15) is 18.0 Å². The molecule has 0 unspecified atom stereocenters. The topological polar surface area (TPSA) is 60.2 Å². The minimum atomic E-state index is -1.50. The average molecular weight is 428 g/mol. The summed E-state index contributed by atoms with van der Waals surface area (Å²) in [6.45, 7) is 0. The number of benzene rings is 1. The number of aryl methyl sites for hydroxylation is 1. The lowest BCUT2D eigenvalue weighted by Crippen LogP contribution is -2.42. The van der Waals surface area contributed by atoms with Gasteiger partial charge in [0.15, 0.2) is 17.5 Å². The Bertz CT molecular complexity index is 1190. The van der Waals surface area contributed by atoms with E-state index in [1.54, 1.807) is 34.8 Å². The molecule has 9 heteroatoms. The van der Waals surface area contributed by atoms with E-state index in [1.807, 2.05) is 0 Å². The highest BCUT2D eigenvalue weighted by atomic mass is 19.2. The summed E-state index contributed by atoms with van der Waals surface area (Å²) in [5, 5.41) is 4.59. The molecule has 0 saturated carbocycles. The number of halogens is 3. The third-order valence-corrected chi connectivity index (χ3v) is 6.08. The zero-order valence-corrected chi connectivity index (χ0v) is 16.9. The normalized spacial score (nSPS) is 19.5. The second kappa shape index (κ2) is 7.11. The largest absolute Gasteiger partial charge is 0.481 e. The van der Waals surface area contributed by atoms with Gasteiger partial charge >= 0.3 is 0 Å². The Balaban J connectivity index is 1.55. The molecule has 5 rings (SSSR count). The van der Waals surface area contributed by atoms with E-state index < -0.39 is 17.5 Å². The molecule has 1 saturated heterocycles. The van der Waals surface area contributed by atoms with Gasteiger partial charge in [0.1, 0.15) is 5.69 Å². The van der Waals surface area contributed by atoms with E-state index in [0.29, 0.717) is 29.4 Å². The highest BCUT2D eigenvalue weighted by Crippen LogP contribution is 2.46. The zero-order chi connectivity index (χ0) is 21.9. The molecule has 0 aliphatic carbocycles. The van der Waals surface area contributed by atoms with Crippen LogP contribution in [0.15, 0.2) is 30.3 Å². The fraction of sp³-hybridized carbons (Fsp3) is 0.318. The number of hydrogen-bond acceptors (Lipinski definition) is 4. The lowest BCUT2D eigenvalue weighted by atomic mass is 9.94. The molecule has 2 aromatic heterocycles. The van der Waals surface area contributed by atoms with Crippen LogP contribution in [0.5, 0.6) is 5.88 Å². The van der Waals surface area contributed by atoms with Gasteiger partial charge in [-0.1, -0.05) is 6.07 Å². The molecule has 2 aliphatic heterocycles. The van der Waals surface area contributed by atoms with Gasteiger partial charge in [-0.05, 0) is 37.5 Å². The fourth-order valence-corrected chi connectivity index (χ4v) is 4.79. The van der Waals surface area contributed by atoms with Gasteiger partial charge in [-0.25, -0.2) is 18.2 Å². The van der Waals surface area contributed by atoms with Gasteiger partial charge in [0, 0.05) is 30.3 Å². The number of ether oxygens (including phenoxy) is 1. The fourth-order valence-electron chi connectivity index (χ4n) is 4.79. The van der Waals surface area contributed by atoms with E-state index in [0.717, 1.165) is 30.5 Å². The van der Waals surface area contributed by atoms with Crippen LogP contribution in [0.2, 0.25) is 0 Å². The molecular weight excluding hydrogens is 409 g/mol. The van der Waals surface area contributed by atoms with Crippen LogP contribution in [0.1, 0.15) is 40.6 Å². The Morgan fingerprint density at radius 1 is 1.16 bits per heavy atom. The van der Waals surface area contributed by atoms with Gasteiger partial charge in [0.25, 0.3) is 5.91 Å². The Morgan fingerprint density at radius 3 is 2.61 bits per heavy atom. The van der Waals surface area contributed by atoms with E-state index in [1.165, 1.54) is 7.11 Å². The summed E-state index contributed by atoms with van der Waals surface area (Å²) in [6.07, 6.45) is 2.01. The van der Waals surface area contributed by atoms with Crippen molar-refractivity contribution < 1.29 is 22.7 Å². The second-order valence-corrected chi connectivity index (χ2v) is 7.82. The number of hydrogen-bond donors (Lipinski definition) is 0. The molecule has 6 nitrogen and oxygen atoms in total. The SMILES string of the molecule is COc1cccc(C(=O)N2[C@H]3CC[C@@H]2c2nn(C)c(-c4cc(F)c(F)c(F)c4)c2C3)n1. The van der Waals surface area contributed by atoms with Crippen molar-refractivity contribution in [3.63, 3.8) is 0 Å². The Morgan fingerprint density at radius 2 is 1.90 bits per heavy atom. The second-order valence-electron chi connectivity index (χ2n) is 7.82. The number of nitrogens with zero attached hydrogens (tertiary/aromatic N) is 4. The summed E-state index contributed by atoms with van der Waals surface area (Å²) in [5.74, 6) is -3.84. The van der Waals surface area contributed by atoms with Gasteiger partial charge in [-0.2, -0.15) is 5.10 Å². The number of amides is 1. The quantitative estimate of drug-likeness (QED) is 0.596. The van der Waals surface area contributed by atoms with Gasteiger partial charge in [-0.3, -0.25) is 9.48 Å². The monoisotopic (exact) mass is 428 g/mol. The smallest absolute Gasteiger partial charge is 0.273 e. The molecule has 31 heavy (non-hydrogen) atoms. The molecule has 3 aromatic rings. The van der Waals surface area contributed by atoms with Crippen molar-refractivity contribution >= 4 is 5.91 Å². The van der Waals surface area contributed by atoms with Crippen LogP contribution >= 0.6 is 0 Å². The van der Waals surface area contributed by atoms with E-state index >= 15 is 0 Å². The summed E-state index contributed by atoms with van der Waals surface area (Å²) >= 11 is 0. The number of fused-ring (bicyclic) bond motifs is 4. The van der Waals surface area contributed by atoms with Crippen LogP contribution in [-0.2, 0) is 13.5 Å². The Hall–Kier alpha value is -3.36. The molecule has 2 atom stereocenters. The number of pyridine rings is 1. The van der Waals surface area contributed by atoms with Crippen molar-refractivity contribution in [1.29, 1.82) is 0 Å². The third kappa shape index (κ3) is 2.98. The molecule has 160 valence electrons. The molecule has 1 amide bonds. The highest BCUT2D eigenvalue weighted by Gasteiger charge is 2.46. The minimum absolute atomic E-state index is 0.0870. The maximum absolute atomic E-state index is 13.9. The van der Waals surface area contributed by atoms with Crippen molar-refractivity contribution in [3.05, 3.63) is 64.7 Å². The first-order valence-corrected chi connectivity index (χ1v) is 9.93. The van der Waals surface area contributed by atoms with Crippen LogP contribution in [0, 0.1) is 17.5 Å². The van der Waals surface area contributed by atoms with Crippen LogP contribution in [0.25, 0.3) is 11.3 Å². The van der Waals surface area contributed by atoms with Crippen molar-refractivity contribution in [2.75, 3.05) is 7.11 Å². The summed E-state index contributed by atoms with van der Waals surface area (Å²) in [4.78, 5) is 19.3. The van der Waals surface area contributed by atoms with Crippen molar-refractivity contribution in [3.8, 4) is 17.1 Å². The molecule has 1 fully saturated rings. The molecule has 0 spiro atoms. The number of methoxy groups -OCH3 is 1. The highest BCUT2D eigenvalue weighted by molar-refractivity contribution is 5.93. The maximum atomic E-state index is 13.9. The van der Waals surface area contributed by atoms with Crippen molar-refractivity contribution in [2.24, 2.45) is 7.05 Å². The zero-order valence-electron chi connectivity index (χ0n) is 16.9.